The van der Waals surface area contributed by atoms with Crippen LogP contribution >= 0.6 is 0 Å². The van der Waals surface area contributed by atoms with Crippen LogP contribution in [0.2, 0.25) is 0 Å². The monoisotopic (exact) mass is 249 g/mol. The summed E-state index contributed by atoms with van der Waals surface area (Å²) in [5.41, 5.74) is 2.71. The van der Waals surface area contributed by atoms with Gasteiger partial charge in [0.15, 0.2) is 0 Å². The molecule has 1 rings (SSSR count). The highest BCUT2D eigenvalue weighted by atomic mass is 16.5. The second-order valence-electron chi connectivity index (χ2n) is 5.56. The molecule has 0 saturated carbocycles. The molecule has 0 aromatic heterocycles. The van der Waals surface area contributed by atoms with Crippen molar-refractivity contribution in [3.8, 4) is 5.75 Å². The first kappa shape index (κ1) is 15.0. The number of rotatable bonds is 6. The highest BCUT2D eigenvalue weighted by Gasteiger charge is 2.20. The van der Waals surface area contributed by atoms with Gasteiger partial charge in [0.1, 0.15) is 5.75 Å². The molecular formula is C16H27NO. The van der Waals surface area contributed by atoms with E-state index in [0.717, 1.165) is 12.3 Å². The Morgan fingerprint density at radius 1 is 1.17 bits per heavy atom. The van der Waals surface area contributed by atoms with Crippen LogP contribution in [-0.2, 0) is 0 Å². The lowest BCUT2D eigenvalue weighted by atomic mass is 9.85. The second kappa shape index (κ2) is 6.79. The van der Waals surface area contributed by atoms with Gasteiger partial charge in [-0.05, 0) is 36.1 Å². The van der Waals surface area contributed by atoms with Gasteiger partial charge in [-0.25, -0.2) is 0 Å². The van der Waals surface area contributed by atoms with E-state index in [0.29, 0.717) is 17.8 Å². The van der Waals surface area contributed by atoms with Crippen LogP contribution in [0.1, 0.15) is 50.7 Å². The van der Waals surface area contributed by atoms with Crippen molar-refractivity contribution in [3.05, 3.63) is 29.3 Å². The zero-order valence-corrected chi connectivity index (χ0v) is 12.6. The summed E-state index contributed by atoms with van der Waals surface area (Å²) in [4.78, 5) is 0. The van der Waals surface area contributed by atoms with Gasteiger partial charge in [0.05, 0.1) is 7.11 Å². The van der Waals surface area contributed by atoms with E-state index in [1.54, 1.807) is 7.11 Å². The molecule has 1 aromatic rings. The first-order valence-electron chi connectivity index (χ1n) is 6.83. The molecule has 0 bridgehead atoms. The number of likely N-dealkylation sites (N-methyl/N-ethyl adjacent to an activating group) is 1. The predicted octanol–water partition coefficient (Wildman–Crippen LogP) is 3.78. The van der Waals surface area contributed by atoms with Crippen LogP contribution in [0, 0.1) is 5.92 Å². The summed E-state index contributed by atoms with van der Waals surface area (Å²) in [5, 5.41) is 3.29. The Morgan fingerprint density at radius 2 is 1.83 bits per heavy atom. The first-order chi connectivity index (χ1) is 8.51. The van der Waals surface area contributed by atoms with Gasteiger partial charge in [-0.2, -0.15) is 0 Å². The maximum absolute atomic E-state index is 5.53. The molecule has 0 aliphatic carbocycles. The van der Waals surface area contributed by atoms with Gasteiger partial charge in [0, 0.05) is 12.5 Å². The maximum atomic E-state index is 5.53. The number of hydrogen-bond donors (Lipinski definition) is 1. The third kappa shape index (κ3) is 3.49. The van der Waals surface area contributed by atoms with E-state index in [4.69, 9.17) is 4.74 Å². The normalized spacial score (nSPS) is 13.1. The van der Waals surface area contributed by atoms with Crippen molar-refractivity contribution in [1.29, 1.82) is 0 Å². The summed E-state index contributed by atoms with van der Waals surface area (Å²) in [5.74, 6) is 2.64. The Kier molecular flexibility index (Phi) is 5.67. The molecule has 0 aliphatic heterocycles. The fourth-order valence-electron chi connectivity index (χ4n) is 2.33. The summed E-state index contributed by atoms with van der Waals surface area (Å²) >= 11 is 0. The lowest BCUT2D eigenvalue weighted by Crippen LogP contribution is -2.22. The molecule has 0 spiro atoms. The Labute approximate surface area is 112 Å². The van der Waals surface area contributed by atoms with Crippen molar-refractivity contribution in [3.63, 3.8) is 0 Å². The Bertz CT molecular complexity index is 371. The van der Waals surface area contributed by atoms with E-state index < -0.39 is 0 Å². The minimum Gasteiger partial charge on any atom is -0.496 e. The Morgan fingerprint density at radius 3 is 2.28 bits per heavy atom. The predicted molar refractivity (Wildman–Crippen MR) is 78.6 cm³/mol. The third-order valence-corrected chi connectivity index (χ3v) is 3.55. The zero-order chi connectivity index (χ0) is 13.7. The van der Waals surface area contributed by atoms with Crippen molar-refractivity contribution >= 4 is 0 Å². The maximum Gasteiger partial charge on any atom is 0.122 e. The molecule has 18 heavy (non-hydrogen) atoms. The topological polar surface area (TPSA) is 21.3 Å². The van der Waals surface area contributed by atoms with Gasteiger partial charge in [0.2, 0.25) is 0 Å². The SMILES string of the molecule is CNCC(c1cc(C(C)C)ccc1OC)C(C)C. The van der Waals surface area contributed by atoms with Gasteiger partial charge in [-0.3, -0.25) is 0 Å². The molecule has 0 heterocycles. The van der Waals surface area contributed by atoms with Gasteiger partial charge in [-0.15, -0.1) is 0 Å². The molecule has 102 valence electrons. The molecule has 1 unspecified atom stereocenters. The summed E-state index contributed by atoms with van der Waals surface area (Å²) in [7, 11) is 3.76. The van der Waals surface area contributed by atoms with E-state index in [2.05, 4.69) is 51.2 Å². The molecule has 0 aliphatic rings. The Hall–Kier alpha value is -1.02. The van der Waals surface area contributed by atoms with Gasteiger partial charge >= 0.3 is 0 Å². The number of methoxy groups -OCH3 is 1. The number of benzene rings is 1. The van der Waals surface area contributed by atoms with E-state index in [1.807, 2.05) is 7.05 Å². The van der Waals surface area contributed by atoms with E-state index in [9.17, 15) is 0 Å². The van der Waals surface area contributed by atoms with Crippen LogP contribution in [0.5, 0.6) is 5.75 Å². The average molecular weight is 249 g/mol. The molecule has 1 atom stereocenters. The smallest absolute Gasteiger partial charge is 0.122 e. The largest absolute Gasteiger partial charge is 0.496 e. The molecule has 0 fully saturated rings. The first-order valence-corrected chi connectivity index (χ1v) is 6.83. The Balaban J connectivity index is 3.19. The minimum atomic E-state index is 0.489. The number of ether oxygens (including phenoxy) is 1. The summed E-state index contributed by atoms with van der Waals surface area (Å²) in [6.07, 6.45) is 0. The average Bonchev–Trinajstić information content (AvgIpc) is 2.34. The van der Waals surface area contributed by atoms with Crippen LogP contribution in [0.25, 0.3) is 0 Å². The highest BCUT2D eigenvalue weighted by Crippen LogP contribution is 2.33. The molecule has 1 aromatic carbocycles. The highest BCUT2D eigenvalue weighted by molar-refractivity contribution is 5.41. The minimum absolute atomic E-state index is 0.489. The molecule has 0 amide bonds. The van der Waals surface area contributed by atoms with Crippen molar-refractivity contribution in [1.82, 2.24) is 5.32 Å². The van der Waals surface area contributed by atoms with E-state index in [-0.39, 0.29) is 0 Å². The van der Waals surface area contributed by atoms with Gasteiger partial charge < -0.3 is 10.1 Å². The van der Waals surface area contributed by atoms with Crippen LogP contribution in [0.4, 0.5) is 0 Å². The summed E-state index contributed by atoms with van der Waals surface area (Å²) in [6.45, 7) is 9.98. The summed E-state index contributed by atoms with van der Waals surface area (Å²) in [6, 6.07) is 6.59. The van der Waals surface area contributed by atoms with Crippen LogP contribution < -0.4 is 10.1 Å². The van der Waals surface area contributed by atoms with Crippen LogP contribution in [0.3, 0.4) is 0 Å². The summed E-state index contributed by atoms with van der Waals surface area (Å²) < 4.78 is 5.53. The molecule has 2 nitrogen and oxygen atoms in total. The fraction of sp³-hybridized carbons (Fsp3) is 0.625. The quantitative estimate of drug-likeness (QED) is 0.828. The molecule has 2 heteroatoms. The van der Waals surface area contributed by atoms with Gasteiger partial charge in [-0.1, -0.05) is 39.8 Å². The second-order valence-corrected chi connectivity index (χ2v) is 5.56. The molecule has 0 saturated heterocycles. The van der Waals surface area contributed by atoms with Crippen molar-refractivity contribution in [2.24, 2.45) is 5.92 Å². The standard InChI is InChI=1S/C16H27NO/c1-11(2)13-7-8-16(18-6)14(9-13)15(10-17-5)12(3)4/h7-9,11-12,15,17H,10H2,1-6H3. The number of hydrogen-bond acceptors (Lipinski definition) is 2. The molecule has 1 N–H and O–H groups in total. The lowest BCUT2D eigenvalue weighted by molar-refractivity contribution is 0.391. The molecular weight excluding hydrogens is 222 g/mol. The van der Waals surface area contributed by atoms with Crippen LogP contribution in [-0.4, -0.2) is 20.7 Å². The van der Waals surface area contributed by atoms with Crippen LogP contribution in [0.15, 0.2) is 18.2 Å². The van der Waals surface area contributed by atoms with Crippen molar-refractivity contribution in [2.75, 3.05) is 20.7 Å². The van der Waals surface area contributed by atoms with Crippen molar-refractivity contribution < 1.29 is 4.74 Å². The van der Waals surface area contributed by atoms with E-state index in [1.165, 1.54) is 11.1 Å². The lowest BCUT2D eigenvalue weighted by Gasteiger charge is -2.24. The fourth-order valence-corrected chi connectivity index (χ4v) is 2.33. The molecule has 0 radical (unpaired) electrons. The third-order valence-electron chi connectivity index (χ3n) is 3.55. The van der Waals surface area contributed by atoms with Gasteiger partial charge in [0.25, 0.3) is 0 Å². The van der Waals surface area contributed by atoms with E-state index >= 15 is 0 Å². The zero-order valence-electron chi connectivity index (χ0n) is 12.6. The van der Waals surface area contributed by atoms with Crippen molar-refractivity contribution in [2.45, 2.75) is 39.5 Å². The number of nitrogens with one attached hydrogen (secondary N) is 1.